The molecule has 0 saturated carbocycles. The number of rotatable bonds is 2. The van der Waals surface area contributed by atoms with Crippen LogP contribution >= 0.6 is 11.6 Å². The summed E-state index contributed by atoms with van der Waals surface area (Å²) in [4.78, 5) is 17.1. The Morgan fingerprint density at radius 3 is 2.68 bits per heavy atom. The lowest BCUT2D eigenvalue weighted by Crippen LogP contribution is -2.16. The molecule has 1 aromatic carbocycles. The van der Waals surface area contributed by atoms with Crippen molar-refractivity contribution < 1.29 is 4.79 Å². The number of amides is 1. The Labute approximate surface area is 133 Å². The molecule has 0 aliphatic heterocycles. The molecule has 0 saturated heterocycles. The van der Waals surface area contributed by atoms with Crippen molar-refractivity contribution in [3.8, 4) is 0 Å². The van der Waals surface area contributed by atoms with Gasteiger partial charge in [0, 0.05) is 16.9 Å². The van der Waals surface area contributed by atoms with Gasteiger partial charge >= 0.3 is 0 Å². The quantitative estimate of drug-likeness (QED) is 0.772. The molecular weight excluding hydrogens is 298 g/mol. The zero-order valence-corrected chi connectivity index (χ0v) is 13.4. The lowest BCUT2D eigenvalue weighted by atomic mass is 10.2. The average molecular weight is 314 g/mol. The van der Waals surface area contributed by atoms with E-state index in [9.17, 15) is 4.79 Å². The fraction of sp³-hybridized carbons (Fsp3) is 0.176. The second kappa shape index (κ2) is 5.46. The highest BCUT2D eigenvalue weighted by Crippen LogP contribution is 2.22. The minimum Gasteiger partial charge on any atom is -0.320 e. The van der Waals surface area contributed by atoms with Gasteiger partial charge in [-0.1, -0.05) is 17.7 Å². The van der Waals surface area contributed by atoms with E-state index < -0.39 is 0 Å². The molecule has 5 heteroatoms. The topological polar surface area (TPSA) is 46.4 Å². The van der Waals surface area contributed by atoms with E-state index in [-0.39, 0.29) is 5.91 Å². The summed E-state index contributed by atoms with van der Waals surface area (Å²) in [5, 5.41) is 3.58. The number of nitrogens with one attached hydrogen (secondary N) is 1. The molecule has 0 bridgehead atoms. The van der Waals surface area contributed by atoms with E-state index in [4.69, 9.17) is 11.6 Å². The highest BCUT2D eigenvalue weighted by atomic mass is 35.5. The number of aromatic nitrogens is 2. The Kier molecular flexibility index (Phi) is 3.62. The second-order valence-electron chi connectivity index (χ2n) is 5.34. The Morgan fingerprint density at radius 1 is 1.18 bits per heavy atom. The fourth-order valence-electron chi connectivity index (χ4n) is 2.54. The molecule has 2 heterocycles. The van der Waals surface area contributed by atoms with Gasteiger partial charge in [0.25, 0.3) is 5.91 Å². The molecule has 3 aromatic rings. The van der Waals surface area contributed by atoms with E-state index in [1.807, 2.05) is 49.6 Å². The Balaban J connectivity index is 2.02. The van der Waals surface area contributed by atoms with Crippen LogP contribution in [0.15, 0.2) is 36.5 Å². The van der Waals surface area contributed by atoms with Crippen molar-refractivity contribution in [2.75, 3.05) is 5.32 Å². The van der Waals surface area contributed by atoms with Gasteiger partial charge in [-0.15, -0.1) is 0 Å². The van der Waals surface area contributed by atoms with E-state index in [1.54, 1.807) is 12.1 Å². The molecule has 1 amide bonds. The summed E-state index contributed by atoms with van der Waals surface area (Å²) in [5.41, 5.74) is 4.76. The Hall–Kier alpha value is -2.33. The molecule has 0 spiro atoms. The van der Waals surface area contributed by atoms with E-state index in [1.165, 1.54) is 0 Å². The SMILES string of the molecule is Cc1cc(Cl)ccc1NC(=O)c1c(C)nc2c(C)cccn12. The molecule has 112 valence electrons. The number of carbonyl (C=O) groups excluding carboxylic acids is 1. The minimum absolute atomic E-state index is 0.180. The first-order valence-corrected chi connectivity index (χ1v) is 7.37. The smallest absolute Gasteiger partial charge is 0.274 e. The monoisotopic (exact) mass is 313 g/mol. The number of nitrogens with zero attached hydrogens (tertiary/aromatic N) is 2. The summed E-state index contributed by atoms with van der Waals surface area (Å²) in [5.74, 6) is -0.180. The number of anilines is 1. The number of pyridine rings is 1. The zero-order chi connectivity index (χ0) is 15.9. The number of halogens is 1. The van der Waals surface area contributed by atoms with E-state index >= 15 is 0 Å². The Morgan fingerprint density at radius 2 is 1.95 bits per heavy atom. The van der Waals surface area contributed by atoms with Crippen molar-refractivity contribution in [3.63, 3.8) is 0 Å². The van der Waals surface area contributed by atoms with Gasteiger partial charge in [-0.25, -0.2) is 4.98 Å². The molecule has 22 heavy (non-hydrogen) atoms. The highest BCUT2D eigenvalue weighted by Gasteiger charge is 2.18. The summed E-state index contributed by atoms with van der Waals surface area (Å²) in [6, 6.07) is 9.28. The van der Waals surface area contributed by atoms with Crippen LogP contribution in [-0.2, 0) is 0 Å². The largest absolute Gasteiger partial charge is 0.320 e. The molecule has 0 aliphatic carbocycles. The number of hydrogen-bond acceptors (Lipinski definition) is 2. The Bertz CT molecular complexity index is 883. The van der Waals surface area contributed by atoms with Crippen LogP contribution in [0.2, 0.25) is 5.02 Å². The molecular formula is C17H16ClN3O. The third kappa shape index (κ3) is 2.46. The predicted octanol–water partition coefficient (Wildman–Crippen LogP) is 4.17. The van der Waals surface area contributed by atoms with Gasteiger partial charge < -0.3 is 5.32 Å². The lowest BCUT2D eigenvalue weighted by molar-refractivity contribution is 0.102. The fourth-order valence-corrected chi connectivity index (χ4v) is 2.77. The van der Waals surface area contributed by atoms with Crippen LogP contribution in [0.25, 0.3) is 5.65 Å². The molecule has 3 rings (SSSR count). The van der Waals surface area contributed by atoms with Gasteiger partial charge in [-0.2, -0.15) is 0 Å². The maximum Gasteiger partial charge on any atom is 0.274 e. The van der Waals surface area contributed by atoms with E-state index in [0.717, 1.165) is 22.5 Å². The van der Waals surface area contributed by atoms with Crippen LogP contribution in [0.4, 0.5) is 5.69 Å². The molecule has 1 N–H and O–H groups in total. The number of carbonyl (C=O) groups is 1. The minimum atomic E-state index is -0.180. The van der Waals surface area contributed by atoms with Crippen LogP contribution in [0.3, 0.4) is 0 Å². The summed E-state index contributed by atoms with van der Waals surface area (Å²) in [6.07, 6.45) is 1.85. The van der Waals surface area contributed by atoms with Crippen LogP contribution in [-0.4, -0.2) is 15.3 Å². The van der Waals surface area contributed by atoms with E-state index in [0.29, 0.717) is 16.4 Å². The predicted molar refractivity (Wildman–Crippen MR) is 88.8 cm³/mol. The molecule has 0 fully saturated rings. The van der Waals surface area contributed by atoms with Crippen molar-refractivity contribution in [3.05, 3.63) is 64.1 Å². The number of fused-ring (bicyclic) bond motifs is 1. The van der Waals surface area contributed by atoms with Gasteiger partial charge in [-0.3, -0.25) is 9.20 Å². The number of aryl methyl sites for hydroxylation is 3. The van der Waals surface area contributed by atoms with Gasteiger partial charge in [0.2, 0.25) is 0 Å². The first-order valence-electron chi connectivity index (χ1n) is 6.99. The van der Waals surface area contributed by atoms with Gasteiger partial charge in [0.05, 0.1) is 5.69 Å². The first-order chi connectivity index (χ1) is 10.5. The molecule has 0 atom stereocenters. The average Bonchev–Trinajstić information content (AvgIpc) is 2.80. The molecule has 4 nitrogen and oxygen atoms in total. The third-order valence-corrected chi connectivity index (χ3v) is 3.91. The first kappa shape index (κ1) is 14.6. The molecule has 0 unspecified atom stereocenters. The van der Waals surface area contributed by atoms with Crippen LogP contribution in [0.1, 0.15) is 27.3 Å². The van der Waals surface area contributed by atoms with Crippen molar-refractivity contribution in [1.29, 1.82) is 0 Å². The number of benzene rings is 1. The summed E-state index contributed by atoms with van der Waals surface area (Å²) in [6.45, 7) is 5.73. The molecule has 0 aliphatic rings. The molecule has 2 aromatic heterocycles. The highest BCUT2D eigenvalue weighted by molar-refractivity contribution is 6.30. The zero-order valence-electron chi connectivity index (χ0n) is 12.6. The summed E-state index contributed by atoms with van der Waals surface area (Å²) in [7, 11) is 0. The number of imidazole rings is 1. The maximum absolute atomic E-state index is 12.7. The maximum atomic E-state index is 12.7. The second-order valence-corrected chi connectivity index (χ2v) is 5.78. The van der Waals surface area contributed by atoms with Crippen LogP contribution in [0.5, 0.6) is 0 Å². The van der Waals surface area contributed by atoms with Gasteiger partial charge in [0.1, 0.15) is 11.3 Å². The van der Waals surface area contributed by atoms with Gasteiger partial charge in [-0.05, 0) is 56.2 Å². The normalized spacial score (nSPS) is 10.9. The van der Waals surface area contributed by atoms with Crippen molar-refractivity contribution in [2.24, 2.45) is 0 Å². The van der Waals surface area contributed by atoms with Crippen molar-refractivity contribution in [1.82, 2.24) is 9.38 Å². The van der Waals surface area contributed by atoms with Crippen molar-refractivity contribution in [2.45, 2.75) is 20.8 Å². The third-order valence-electron chi connectivity index (χ3n) is 3.67. The van der Waals surface area contributed by atoms with Gasteiger partial charge in [0.15, 0.2) is 0 Å². The standard InChI is InChI=1S/C17H16ClN3O/c1-10-5-4-8-21-15(12(3)19-16(10)21)17(22)20-14-7-6-13(18)9-11(14)2/h4-9H,1-3H3,(H,20,22). The van der Waals surface area contributed by atoms with Crippen LogP contribution < -0.4 is 5.32 Å². The number of hydrogen-bond donors (Lipinski definition) is 1. The lowest BCUT2D eigenvalue weighted by Gasteiger charge is -2.09. The van der Waals surface area contributed by atoms with Crippen molar-refractivity contribution >= 4 is 28.8 Å². The van der Waals surface area contributed by atoms with Crippen LogP contribution in [0, 0.1) is 20.8 Å². The molecule has 0 radical (unpaired) electrons. The summed E-state index contributed by atoms with van der Waals surface area (Å²) < 4.78 is 1.82. The summed E-state index contributed by atoms with van der Waals surface area (Å²) >= 11 is 5.95. The van der Waals surface area contributed by atoms with E-state index in [2.05, 4.69) is 10.3 Å².